The van der Waals surface area contributed by atoms with Crippen LogP contribution in [0.1, 0.15) is 44.9 Å². The summed E-state index contributed by atoms with van der Waals surface area (Å²) in [7, 11) is 1.82. The molecule has 1 amide bonds. The molecule has 0 heterocycles. The number of likely N-dealkylation sites (N-methyl/N-ethyl adjacent to an activating group) is 1. The first-order chi connectivity index (χ1) is 8.60. The predicted octanol–water partition coefficient (Wildman–Crippen LogP) is 2.04. The normalized spacial score (nSPS) is 41.1. The second-order valence-corrected chi connectivity index (χ2v) is 7.13. The summed E-state index contributed by atoms with van der Waals surface area (Å²) in [5.74, 6) is 2.97. The van der Waals surface area contributed by atoms with E-state index in [1.807, 2.05) is 7.05 Å². The van der Waals surface area contributed by atoms with Gasteiger partial charge >= 0.3 is 0 Å². The molecule has 0 radical (unpaired) electrons. The zero-order valence-corrected chi connectivity index (χ0v) is 11.4. The number of aliphatic hydroxyl groups excluding tert-OH is 1. The van der Waals surface area contributed by atoms with Crippen LogP contribution in [0.25, 0.3) is 0 Å². The Morgan fingerprint density at radius 1 is 1.17 bits per heavy atom. The van der Waals surface area contributed by atoms with Crippen LogP contribution in [0, 0.1) is 23.2 Å². The van der Waals surface area contributed by atoms with Crippen LogP contribution < -0.4 is 0 Å². The zero-order chi connectivity index (χ0) is 12.8. The Labute approximate surface area is 110 Å². The minimum absolute atomic E-state index is 0.0725. The van der Waals surface area contributed by atoms with E-state index >= 15 is 0 Å². The number of nitrogens with zero attached hydrogens (tertiary/aromatic N) is 1. The van der Waals surface area contributed by atoms with Gasteiger partial charge in [-0.25, -0.2) is 0 Å². The molecule has 0 unspecified atom stereocenters. The first-order valence-corrected chi connectivity index (χ1v) is 7.45. The minimum Gasteiger partial charge on any atom is -0.395 e. The second-order valence-electron chi connectivity index (χ2n) is 7.13. The second kappa shape index (κ2) is 4.52. The van der Waals surface area contributed by atoms with Crippen LogP contribution in [-0.2, 0) is 4.79 Å². The molecule has 3 nitrogen and oxygen atoms in total. The van der Waals surface area contributed by atoms with Crippen molar-refractivity contribution in [3.05, 3.63) is 0 Å². The molecule has 4 aliphatic rings. The van der Waals surface area contributed by atoms with E-state index in [0.717, 1.165) is 24.2 Å². The Kier molecular flexibility index (Phi) is 3.13. The quantitative estimate of drug-likeness (QED) is 0.830. The Bertz CT molecular complexity index is 304. The smallest absolute Gasteiger partial charge is 0.222 e. The van der Waals surface area contributed by atoms with Gasteiger partial charge in [0.25, 0.3) is 0 Å². The van der Waals surface area contributed by atoms with E-state index in [9.17, 15) is 4.79 Å². The van der Waals surface area contributed by atoms with E-state index in [1.165, 1.54) is 38.5 Å². The summed E-state index contributed by atoms with van der Waals surface area (Å²) in [6, 6.07) is 0. The summed E-state index contributed by atoms with van der Waals surface area (Å²) in [5.41, 5.74) is 0.329. The number of rotatable bonds is 4. The van der Waals surface area contributed by atoms with Crippen LogP contribution in [0.4, 0.5) is 0 Å². The van der Waals surface area contributed by atoms with Crippen LogP contribution in [0.2, 0.25) is 0 Å². The van der Waals surface area contributed by atoms with Crippen molar-refractivity contribution in [3.63, 3.8) is 0 Å². The van der Waals surface area contributed by atoms with Crippen LogP contribution in [-0.4, -0.2) is 36.1 Å². The van der Waals surface area contributed by atoms with Gasteiger partial charge in [-0.2, -0.15) is 0 Å². The van der Waals surface area contributed by atoms with E-state index < -0.39 is 0 Å². The maximum atomic E-state index is 12.2. The molecule has 4 saturated carbocycles. The van der Waals surface area contributed by atoms with Gasteiger partial charge in [0.05, 0.1) is 6.61 Å². The van der Waals surface area contributed by atoms with Gasteiger partial charge in [-0.15, -0.1) is 0 Å². The molecule has 0 atom stereocenters. The number of carbonyl (C=O) groups is 1. The Morgan fingerprint density at radius 2 is 1.67 bits per heavy atom. The third kappa shape index (κ3) is 2.18. The molecule has 0 saturated heterocycles. The van der Waals surface area contributed by atoms with Gasteiger partial charge in [0, 0.05) is 20.0 Å². The lowest BCUT2D eigenvalue weighted by Gasteiger charge is -2.56. The Morgan fingerprint density at radius 3 is 2.11 bits per heavy atom. The lowest BCUT2D eigenvalue weighted by atomic mass is 9.49. The molecule has 4 aliphatic carbocycles. The first kappa shape index (κ1) is 12.5. The fourth-order valence-corrected chi connectivity index (χ4v) is 5.24. The van der Waals surface area contributed by atoms with Crippen molar-refractivity contribution < 1.29 is 9.90 Å². The summed E-state index contributed by atoms with van der Waals surface area (Å²) in [5, 5.41) is 8.92. The molecule has 18 heavy (non-hydrogen) atoms. The topological polar surface area (TPSA) is 40.5 Å². The van der Waals surface area contributed by atoms with Crippen molar-refractivity contribution in [3.8, 4) is 0 Å². The van der Waals surface area contributed by atoms with Gasteiger partial charge in [0.1, 0.15) is 0 Å². The fourth-order valence-electron chi connectivity index (χ4n) is 5.24. The predicted molar refractivity (Wildman–Crippen MR) is 69.9 cm³/mol. The highest BCUT2D eigenvalue weighted by atomic mass is 16.3. The van der Waals surface area contributed by atoms with Crippen molar-refractivity contribution in [2.24, 2.45) is 23.2 Å². The molecule has 0 aromatic heterocycles. The summed E-state index contributed by atoms with van der Waals surface area (Å²) >= 11 is 0. The van der Waals surface area contributed by atoms with E-state index in [0.29, 0.717) is 12.0 Å². The third-order valence-electron chi connectivity index (χ3n) is 5.55. The molecule has 3 heteroatoms. The zero-order valence-electron chi connectivity index (χ0n) is 11.4. The van der Waals surface area contributed by atoms with Crippen molar-refractivity contribution >= 4 is 5.91 Å². The molecule has 1 N–H and O–H groups in total. The summed E-state index contributed by atoms with van der Waals surface area (Å²) in [4.78, 5) is 13.9. The maximum absolute atomic E-state index is 12.2. The molecule has 0 aromatic rings. The largest absolute Gasteiger partial charge is 0.395 e. The Balaban J connectivity index is 1.67. The summed E-state index contributed by atoms with van der Waals surface area (Å²) in [6.07, 6.45) is 8.89. The van der Waals surface area contributed by atoms with Crippen molar-refractivity contribution in [2.75, 3.05) is 20.2 Å². The van der Waals surface area contributed by atoms with Crippen LogP contribution in [0.5, 0.6) is 0 Å². The first-order valence-electron chi connectivity index (χ1n) is 7.45. The number of aliphatic hydroxyl groups is 1. The maximum Gasteiger partial charge on any atom is 0.222 e. The summed E-state index contributed by atoms with van der Waals surface area (Å²) in [6.45, 7) is 0.550. The molecule has 0 aromatic carbocycles. The van der Waals surface area contributed by atoms with Crippen LogP contribution in [0.15, 0.2) is 0 Å². The summed E-state index contributed by atoms with van der Waals surface area (Å²) < 4.78 is 0. The standard InChI is InChI=1S/C15H25NO2/c1-16(2-3-17)14(18)10-15-7-11-4-12(8-15)6-13(5-11)9-15/h11-13,17H,2-10H2,1H3. The molecule has 4 rings (SSSR count). The van der Waals surface area contributed by atoms with E-state index in [4.69, 9.17) is 5.11 Å². The monoisotopic (exact) mass is 251 g/mol. The van der Waals surface area contributed by atoms with Crippen molar-refractivity contribution in [2.45, 2.75) is 44.9 Å². The lowest BCUT2D eigenvalue weighted by molar-refractivity contribution is -0.138. The van der Waals surface area contributed by atoms with E-state index in [1.54, 1.807) is 4.90 Å². The Hall–Kier alpha value is -0.570. The van der Waals surface area contributed by atoms with Gasteiger partial charge < -0.3 is 10.0 Å². The van der Waals surface area contributed by atoms with Gasteiger partial charge in [-0.3, -0.25) is 4.79 Å². The molecular formula is C15H25NO2. The van der Waals surface area contributed by atoms with Crippen molar-refractivity contribution in [1.29, 1.82) is 0 Å². The average molecular weight is 251 g/mol. The molecule has 4 fully saturated rings. The van der Waals surface area contributed by atoms with Crippen molar-refractivity contribution in [1.82, 2.24) is 4.90 Å². The van der Waals surface area contributed by atoms with Gasteiger partial charge in [-0.1, -0.05) is 0 Å². The lowest BCUT2D eigenvalue weighted by Crippen LogP contribution is -2.48. The van der Waals surface area contributed by atoms with E-state index in [2.05, 4.69) is 0 Å². The van der Waals surface area contributed by atoms with Gasteiger partial charge in [-0.05, 0) is 61.7 Å². The molecule has 4 bridgehead atoms. The van der Waals surface area contributed by atoms with Gasteiger partial charge in [0.15, 0.2) is 0 Å². The van der Waals surface area contributed by atoms with Crippen LogP contribution in [0.3, 0.4) is 0 Å². The number of hydrogen-bond donors (Lipinski definition) is 1. The van der Waals surface area contributed by atoms with Gasteiger partial charge in [0.2, 0.25) is 5.91 Å². The fraction of sp³-hybridized carbons (Fsp3) is 0.933. The number of hydrogen-bond acceptors (Lipinski definition) is 2. The molecular weight excluding hydrogens is 226 g/mol. The molecule has 0 spiro atoms. The number of amides is 1. The van der Waals surface area contributed by atoms with Crippen LogP contribution >= 0.6 is 0 Å². The third-order valence-corrected chi connectivity index (χ3v) is 5.55. The SMILES string of the molecule is CN(CCO)C(=O)CC12CC3CC(CC(C3)C1)C2. The average Bonchev–Trinajstić information content (AvgIpc) is 2.26. The number of carbonyl (C=O) groups excluding carboxylic acids is 1. The highest BCUT2D eigenvalue weighted by Gasteiger charge is 2.51. The highest BCUT2D eigenvalue weighted by Crippen LogP contribution is 2.61. The van der Waals surface area contributed by atoms with E-state index in [-0.39, 0.29) is 12.5 Å². The molecule has 102 valence electrons. The minimum atomic E-state index is 0.0725. The molecule has 0 aliphatic heterocycles. The highest BCUT2D eigenvalue weighted by molar-refractivity contribution is 5.76.